The predicted octanol–water partition coefficient (Wildman–Crippen LogP) is -0.936. The van der Waals surface area contributed by atoms with Gasteiger partial charge in [-0.25, -0.2) is 9.59 Å². The third-order valence-corrected chi connectivity index (χ3v) is 3.66. The summed E-state index contributed by atoms with van der Waals surface area (Å²) in [4.78, 5) is 21.7. The van der Waals surface area contributed by atoms with Crippen LogP contribution in [0, 0.1) is 0 Å². The molecule has 0 saturated carbocycles. The van der Waals surface area contributed by atoms with E-state index in [1.807, 2.05) is 0 Å². The Kier molecular flexibility index (Phi) is 6.16. The van der Waals surface area contributed by atoms with Crippen LogP contribution in [-0.2, 0) is 14.3 Å². The Bertz CT molecular complexity index is 700. The molecule has 2 rings (SSSR count). The molecule has 0 amide bonds. The number of ether oxygens (including phenoxy) is 3. The van der Waals surface area contributed by atoms with Crippen molar-refractivity contribution in [1.82, 2.24) is 0 Å². The van der Waals surface area contributed by atoms with Crippen LogP contribution in [0.1, 0.15) is 5.56 Å². The van der Waals surface area contributed by atoms with E-state index < -0.39 is 42.6 Å². The van der Waals surface area contributed by atoms with Gasteiger partial charge in [-0.05, 0) is 23.8 Å². The van der Waals surface area contributed by atoms with Crippen molar-refractivity contribution < 1.29 is 49.3 Å². The van der Waals surface area contributed by atoms with Gasteiger partial charge in [-0.1, -0.05) is 6.07 Å². The van der Waals surface area contributed by atoms with Crippen LogP contribution in [0.15, 0.2) is 24.3 Å². The lowest BCUT2D eigenvalue weighted by Gasteiger charge is -2.38. The predicted molar refractivity (Wildman–Crippen MR) is 84.6 cm³/mol. The minimum Gasteiger partial charge on any atom is -0.493 e. The van der Waals surface area contributed by atoms with Crippen LogP contribution in [0.3, 0.4) is 0 Å². The van der Waals surface area contributed by atoms with Gasteiger partial charge in [-0.3, -0.25) is 0 Å². The topological polar surface area (TPSA) is 163 Å². The molecule has 1 aromatic carbocycles. The summed E-state index contributed by atoms with van der Waals surface area (Å²) >= 11 is 0. The third-order valence-electron chi connectivity index (χ3n) is 3.66. The van der Waals surface area contributed by atoms with Gasteiger partial charge >= 0.3 is 11.9 Å². The lowest BCUT2D eigenvalue weighted by Crippen LogP contribution is -2.61. The number of methoxy groups -OCH3 is 1. The van der Waals surface area contributed by atoms with Gasteiger partial charge in [0, 0.05) is 6.08 Å². The monoisotopic (exact) mass is 370 g/mol. The summed E-state index contributed by atoms with van der Waals surface area (Å²) in [5.41, 5.74) is 0.487. The number of aliphatic hydroxyl groups excluding tert-OH is 3. The average Bonchev–Trinajstić information content (AvgIpc) is 2.60. The summed E-state index contributed by atoms with van der Waals surface area (Å²) in [5, 5.41) is 47.1. The fourth-order valence-electron chi connectivity index (χ4n) is 2.33. The molecule has 10 nitrogen and oxygen atoms in total. The van der Waals surface area contributed by atoms with Crippen LogP contribution < -0.4 is 9.47 Å². The van der Waals surface area contributed by atoms with Crippen molar-refractivity contribution >= 4 is 18.0 Å². The second-order valence-corrected chi connectivity index (χ2v) is 5.43. The van der Waals surface area contributed by atoms with Crippen molar-refractivity contribution in [3.05, 3.63) is 29.8 Å². The average molecular weight is 370 g/mol. The van der Waals surface area contributed by atoms with E-state index in [1.165, 1.54) is 31.4 Å². The molecule has 5 atom stereocenters. The number of aliphatic hydroxyl groups is 3. The minimum atomic E-state index is -1.83. The molecule has 0 radical (unpaired) electrons. The molecule has 10 heteroatoms. The maximum Gasteiger partial charge on any atom is 0.335 e. The standard InChI is InChI=1S/C16H18O10/c1-24-9-6-7(3-5-10(17)18)2-4-8(9)25-16-13(21)11(19)12(20)14(26-16)15(22)23/h2-6,11-14,16,19-21H,1H3,(H,17,18)(H,22,23)/b5-3+/t11-,12-,13+,14-,16+/m0/s1. The minimum absolute atomic E-state index is 0.0525. The Morgan fingerprint density at radius 1 is 1.08 bits per heavy atom. The van der Waals surface area contributed by atoms with Crippen molar-refractivity contribution in [2.75, 3.05) is 7.11 Å². The van der Waals surface area contributed by atoms with Crippen LogP contribution in [0.2, 0.25) is 0 Å². The molecule has 0 aromatic heterocycles. The van der Waals surface area contributed by atoms with Crippen LogP contribution in [0.4, 0.5) is 0 Å². The Morgan fingerprint density at radius 3 is 2.35 bits per heavy atom. The SMILES string of the molecule is COc1cc(/C=C/C(=O)O)ccc1O[C@@H]1O[C@H](C(=O)O)[C@@H](O)[C@H](O)[C@H]1O. The number of rotatable bonds is 6. The van der Waals surface area contributed by atoms with Gasteiger partial charge in [0.1, 0.15) is 18.3 Å². The summed E-state index contributed by atoms with van der Waals surface area (Å²) in [6.07, 6.45) is -6.45. The molecule has 0 bridgehead atoms. The number of benzene rings is 1. The van der Waals surface area contributed by atoms with E-state index in [9.17, 15) is 24.9 Å². The number of aliphatic carboxylic acids is 2. The smallest absolute Gasteiger partial charge is 0.335 e. The zero-order valence-corrected chi connectivity index (χ0v) is 13.6. The summed E-state index contributed by atoms with van der Waals surface area (Å²) < 4.78 is 15.5. The number of carbonyl (C=O) groups is 2. The fourth-order valence-corrected chi connectivity index (χ4v) is 2.33. The lowest BCUT2D eigenvalue weighted by molar-refractivity contribution is -0.271. The van der Waals surface area contributed by atoms with E-state index in [-0.39, 0.29) is 11.5 Å². The molecule has 0 unspecified atom stereocenters. The number of hydrogen-bond donors (Lipinski definition) is 5. The van der Waals surface area contributed by atoms with Gasteiger partial charge < -0.3 is 39.7 Å². The second-order valence-electron chi connectivity index (χ2n) is 5.43. The molecule has 1 saturated heterocycles. The van der Waals surface area contributed by atoms with Gasteiger partial charge in [-0.15, -0.1) is 0 Å². The molecular formula is C16H18O10. The van der Waals surface area contributed by atoms with Crippen molar-refractivity contribution in [3.8, 4) is 11.5 Å². The van der Waals surface area contributed by atoms with E-state index in [0.29, 0.717) is 5.56 Å². The van der Waals surface area contributed by atoms with Gasteiger partial charge in [0.2, 0.25) is 6.29 Å². The summed E-state index contributed by atoms with van der Waals surface area (Å²) in [6.45, 7) is 0. The first kappa shape index (κ1) is 19.7. The molecule has 1 fully saturated rings. The van der Waals surface area contributed by atoms with E-state index in [0.717, 1.165) is 6.08 Å². The fraction of sp³-hybridized carbons (Fsp3) is 0.375. The molecule has 5 N–H and O–H groups in total. The maximum absolute atomic E-state index is 11.1. The summed E-state index contributed by atoms with van der Waals surface area (Å²) in [6, 6.07) is 4.33. The summed E-state index contributed by atoms with van der Waals surface area (Å²) in [7, 11) is 1.32. The number of hydrogen-bond acceptors (Lipinski definition) is 8. The van der Waals surface area contributed by atoms with Crippen molar-refractivity contribution in [2.24, 2.45) is 0 Å². The Morgan fingerprint density at radius 2 is 1.77 bits per heavy atom. The zero-order chi connectivity index (χ0) is 19.4. The van der Waals surface area contributed by atoms with Gasteiger partial charge in [0.25, 0.3) is 0 Å². The molecule has 0 spiro atoms. The summed E-state index contributed by atoms with van der Waals surface area (Å²) in [5.74, 6) is -2.45. The second kappa shape index (κ2) is 8.15. The number of carboxylic acids is 2. The first-order chi connectivity index (χ1) is 12.2. The van der Waals surface area contributed by atoms with Crippen LogP contribution >= 0.6 is 0 Å². The highest BCUT2D eigenvalue weighted by Gasteiger charge is 2.48. The first-order valence-corrected chi connectivity index (χ1v) is 7.42. The van der Waals surface area contributed by atoms with E-state index in [4.69, 9.17) is 24.4 Å². The molecule has 0 aliphatic carbocycles. The largest absolute Gasteiger partial charge is 0.493 e. The van der Waals surface area contributed by atoms with E-state index >= 15 is 0 Å². The van der Waals surface area contributed by atoms with E-state index in [2.05, 4.69) is 0 Å². The van der Waals surface area contributed by atoms with Gasteiger partial charge in [0.15, 0.2) is 17.6 Å². The lowest BCUT2D eigenvalue weighted by atomic mass is 9.99. The molecular weight excluding hydrogens is 352 g/mol. The highest BCUT2D eigenvalue weighted by molar-refractivity contribution is 5.85. The Labute approximate surface area is 147 Å². The van der Waals surface area contributed by atoms with Gasteiger partial charge in [-0.2, -0.15) is 0 Å². The highest BCUT2D eigenvalue weighted by Crippen LogP contribution is 2.32. The van der Waals surface area contributed by atoms with Crippen molar-refractivity contribution in [2.45, 2.75) is 30.7 Å². The maximum atomic E-state index is 11.1. The molecule has 26 heavy (non-hydrogen) atoms. The van der Waals surface area contributed by atoms with Crippen molar-refractivity contribution in [1.29, 1.82) is 0 Å². The highest BCUT2D eigenvalue weighted by atomic mass is 16.7. The van der Waals surface area contributed by atoms with Crippen LogP contribution in [-0.4, -0.2) is 75.3 Å². The Hall–Kier alpha value is -2.66. The van der Waals surface area contributed by atoms with Crippen LogP contribution in [0.5, 0.6) is 11.5 Å². The molecule has 1 aliphatic heterocycles. The van der Waals surface area contributed by atoms with E-state index in [1.54, 1.807) is 0 Å². The van der Waals surface area contributed by atoms with Crippen molar-refractivity contribution in [3.63, 3.8) is 0 Å². The first-order valence-electron chi connectivity index (χ1n) is 7.42. The zero-order valence-electron chi connectivity index (χ0n) is 13.6. The molecule has 1 heterocycles. The number of carboxylic acid groups (broad SMARTS) is 2. The molecule has 1 aliphatic rings. The normalized spacial score (nSPS) is 28.7. The van der Waals surface area contributed by atoms with Gasteiger partial charge in [0.05, 0.1) is 7.11 Å². The molecule has 142 valence electrons. The Balaban J connectivity index is 2.23. The molecule has 1 aromatic rings. The third kappa shape index (κ3) is 4.29. The quantitative estimate of drug-likeness (QED) is 0.395. The van der Waals surface area contributed by atoms with Crippen LogP contribution in [0.25, 0.3) is 6.08 Å².